The molecule has 1 heterocycles. The van der Waals surface area contributed by atoms with E-state index in [1.165, 1.54) is 0 Å². The van der Waals surface area contributed by atoms with E-state index < -0.39 is 11.3 Å². The normalized spacial score (nSPS) is 13.2. The summed E-state index contributed by atoms with van der Waals surface area (Å²) in [5.74, 6) is 0.104. The molecule has 0 saturated heterocycles. The van der Waals surface area contributed by atoms with Gasteiger partial charge in [0.15, 0.2) is 0 Å². The molecule has 2 atom stereocenters. The minimum Gasteiger partial charge on any atom is -0.464 e. The molecule has 1 unspecified atom stereocenters. The van der Waals surface area contributed by atoms with Crippen LogP contribution in [0, 0.1) is 5.92 Å². The first kappa shape index (κ1) is 18.2. The maximum absolute atomic E-state index is 12.0. The van der Waals surface area contributed by atoms with Gasteiger partial charge >= 0.3 is 12.0 Å². The van der Waals surface area contributed by atoms with Crippen molar-refractivity contribution < 1.29 is 14.3 Å². The van der Waals surface area contributed by atoms with Crippen molar-refractivity contribution in [3.05, 3.63) is 36.7 Å². The summed E-state index contributed by atoms with van der Waals surface area (Å²) in [5.41, 5.74) is 1.77. The first-order valence-electron chi connectivity index (χ1n) is 7.96. The summed E-state index contributed by atoms with van der Waals surface area (Å²) in [6.07, 6.45) is 4.20. The van der Waals surface area contributed by atoms with E-state index in [1.807, 2.05) is 32.9 Å². The van der Waals surface area contributed by atoms with Crippen LogP contribution in [0.1, 0.15) is 27.2 Å². The first-order chi connectivity index (χ1) is 11.5. The zero-order valence-electron chi connectivity index (χ0n) is 14.0. The number of carbonyl (C=O) groups is 1. The van der Waals surface area contributed by atoms with Crippen LogP contribution in [0.4, 0.5) is 0 Å². The van der Waals surface area contributed by atoms with Crippen LogP contribution in [0.3, 0.4) is 0 Å². The van der Waals surface area contributed by atoms with Gasteiger partial charge in [0.1, 0.15) is 11.1 Å². The lowest BCUT2D eigenvalue weighted by Crippen LogP contribution is -2.26. The van der Waals surface area contributed by atoms with Crippen LogP contribution in [0.15, 0.2) is 36.7 Å². The summed E-state index contributed by atoms with van der Waals surface area (Å²) >= 11 is 6.10. The molecule has 0 N–H and O–H groups in total. The lowest BCUT2D eigenvalue weighted by atomic mass is 10.1. The molecule has 0 amide bonds. The molecule has 2 rings (SSSR count). The van der Waals surface area contributed by atoms with Crippen molar-refractivity contribution in [2.24, 2.45) is 5.92 Å². The zero-order chi connectivity index (χ0) is 17.5. The molecule has 6 heteroatoms. The Hall–Kier alpha value is -2.14. The Balaban J connectivity index is 2.03. The Labute approximate surface area is 147 Å². The third-order valence-electron chi connectivity index (χ3n) is 3.68. The van der Waals surface area contributed by atoms with Gasteiger partial charge in [-0.3, -0.25) is 4.79 Å². The number of benzene rings is 1. The van der Waals surface area contributed by atoms with Crippen LogP contribution in [0.5, 0.6) is 11.8 Å². The molecule has 0 fully saturated rings. The predicted octanol–water partition coefficient (Wildman–Crippen LogP) is 4.10. The number of carbonyl (C=O) groups excluding carboxylic acids is 1. The minimum atomic E-state index is -0.644. The predicted molar refractivity (Wildman–Crippen MR) is 93.4 cm³/mol. The van der Waals surface area contributed by atoms with Crippen LogP contribution < -0.4 is 9.47 Å². The van der Waals surface area contributed by atoms with E-state index in [0.717, 1.165) is 17.5 Å². The summed E-state index contributed by atoms with van der Waals surface area (Å²) < 4.78 is 10.5. The number of esters is 1. The zero-order valence-corrected chi connectivity index (χ0v) is 14.8. The summed E-state index contributed by atoms with van der Waals surface area (Å²) in [5, 5.41) is -0.644. The number of aromatic nitrogens is 2. The van der Waals surface area contributed by atoms with Gasteiger partial charge in [0, 0.05) is 18.0 Å². The quantitative estimate of drug-likeness (QED) is 0.428. The van der Waals surface area contributed by atoms with Crippen molar-refractivity contribution >= 4 is 17.6 Å². The summed E-state index contributed by atoms with van der Waals surface area (Å²) in [4.78, 5) is 20.2. The third-order valence-corrected chi connectivity index (χ3v) is 4.28. The molecule has 1 aromatic carbocycles. The monoisotopic (exact) mass is 348 g/mol. The van der Waals surface area contributed by atoms with Crippen LogP contribution in [-0.4, -0.2) is 27.9 Å². The second-order valence-corrected chi connectivity index (χ2v) is 5.89. The lowest BCUT2D eigenvalue weighted by Gasteiger charge is -2.14. The molecule has 0 aliphatic carbocycles. The minimum absolute atomic E-state index is 0.0689. The van der Waals surface area contributed by atoms with E-state index in [0.29, 0.717) is 18.4 Å². The van der Waals surface area contributed by atoms with Gasteiger partial charge < -0.3 is 9.47 Å². The number of alkyl halides is 1. The van der Waals surface area contributed by atoms with Crippen molar-refractivity contribution in [1.82, 2.24) is 9.97 Å². The molecule has 2 aromatic rings. The van der Waals surface area contributed by atoms with Crippen LogP contribution in [0.25, 0.3) is 11.1 Å². The summed E-state index contributed by atoms with van der Waals surface area (Å²) in [6, 6.07) is 7.49. The number of hydrogen-bond donors (Lipinski definition) is 0. The van der Waals surface area contributed by atoms with Gasteiger partial charge in [-0.2, -0.15) is 0 Å². The highest BCUT2D eigenvalue weighted by Crippen LogP contribution is 2.23. The van der Waals surface area contributed by atoms with Crippen molar-refractivity contribution in [3.63, 3.8) is 0 Å². The average molecular weight is 349 g/mol. The highest BCUT2D eigenvalue weighted by molar-refractivity contribution is 6.30. The van der Waals surface area contributed by atoms with E-state index in [1.54, 1.807) is 24.5 Å². The topological polar surface area (TPSA) is 61.3 Å². The van der Waals surface area contributed by atoms with Crippen molar-refractivity contribution in [2.45, 2.75) is 32.6 Å². The fourth-order valence-electron chi connectivity index (χ4n) is 2.00. The van der Waals surface area contributed by atoms with Crippen molar-refractivity contribution in [2.75, 3.05) is 6.61 Å². The highest BCUT2D eigenvalue weighted by Gasteiger charge is 2.23. The fraction of sp³-hybridized carbons (Fsp3) is 0.389. The first-order valence-corrected chi connectivity index (χ1v) is 8.39. The molecule has 0 bridgehead atoms. The maximum atomic E-state index is 12.0. The molecule has 0 aliphatic heterocycles. The maximum Gasteiger partial charge on any atom is 0.329 e. The van der Waals surface area contributed by atoms with Gasteiger partial charge in [0.05, 0.1) is 6.61 Å². The van der Waals surface area contributed by atoms with Gasteiger partial charge in [-0.1, -0.05) is 32.4 Å². The molecule has 0 radical (unpaired) electrons. The molecule has 5 nitrogen and oxygen atoms in total. The SMILES string of the molecule is CCOc1ncc(-c2ccc(OC(=O)[C@@H](Cl)C(C)CC)cc2)cn1. The molecular weight excluding hydrogens is 328 g/mol. The van der Waals surface area contributed by atoms with E-state index >= 15 is 0 Å². The second kappa shape index (κ2) is 8.64. The molecule has 0 saturated carbocycles. The van der Waals surface area contributed by atoms with Crippen molar-refractivity contribution in [3.8, 4) is 22.9 Å². The van der Waals surface area contributed by atoms with E-state index in [4.69, 9.17) is 21.1 Å². The van der Waals surface area contributed by atoms with Crippen LogP contribution in [0.2, 0.25) is 0 Å². The highest BCUT2D eigenvalue weighted by atomic mass is 35.5. The average Bonchev–Trinajstić information content (AvgIpc) is 2.62. The number of halogens is 1. The summed E-state index contributed by atoms with van der Waals surface area (Å²) in [7, 11) is 0. The Morgan fingerprint density at radius 3 is 2.29 bits per heavy atom. The molecule has 1 aromatic heterocycles. The standard InChI is InChI=1S/C18H21ClN2O3/c1-4-12(3)16(19)17(22)24-15-8-6-13(7-9-15)14-10-20-18(21-11-14)23-5-2/h6-12,16H,4-5H2,1-3H3/t12?,16-/m0/s1. The number of nitrogens with zero attached hydrogens (tertiary/aromatic N) is 2. The second-order valence-electron chi connectivity index (χ2n) is 5.42. The molecule has 0 spiro atoms. The Morgan fingerprint density at radius 2 is 1.75 bits per heavy atom. The smallest absolute Gasteiger partial charge is 0.329 e. The molecule has 24 heavy (non-hydrogen) atoms. The van der Waals surface area contributed by atoms with Gasteiger partial charge in [-0.25, -0.2) is 9.97 Å². The largest absolute Gasteiger partial charge is 0.464 e. The van der Waals surface area contributed by atoms with Gasteiger partial charge in [0.2, 0.25) is 0 Å². The van der Waals surface area contributed by atoms with Gasteiger partial charge in [0.25, 0.3) is 0 Å². The lowest BCUT2D eigenvalue weighted by molar-refractivity contribution is -0.134. The molecule has 0 aliphatic rings. The van der Waals surface area contributed by atoms with E-state index in [2.05, 4.69) is 9.97 Å². The molecular formula is C18H21ClN2O3. The Morgan fingerprint density at radius 1 is 1.12 bits per heavy atom. The number of ether oxygens (including phenoxy) is 2. The Kier molecular flexibility index (Phi) is 6.55. The molecule has 128 valence electrons. The number of rotatable bonds is 7. The Bertz CT molecular complexity index is 659. The van der Waals surface area contributed by atoms with Crippen molar-refractivity contribution in [1.29, 1.82) is 0 Å². The third kappa shape index (κ3) is 4.68. The van der Waals surface area contributed by atoms with Gasteiger partial charge in [-0.05, 0) is 30.5 Å². The van der Waals surface area contributed by atoms with Gasteiger partial charge in [-0.15, -0.1) is 11.6 Å². The van der Waals surface area contributed by atoms with Crippen LogP contribution >= 0.6 is 11.6 Å². The van der Waals surface area contributed by atoms with Crippen LogP contribution in [-0.2, 0) is 4.79 Å². The summed E-state index contributed by atoms with van der Waals surface area (Å²) in [6.45, 7) is 6.32. The van der Waals surface area contributed by atoms with E-state index in [9.17, 15) is 4.79 Å². The number of hydrogen-bond acceptors (Lipinski definition) is 5. The van der Waals surface area contributed by atoms with E-state index in [-0.39, 0.29) is 5.92 Å². The fourth-order valence-corrected chi connectivity index (χ4v) is 2.22.